The zero-order valence-electron chi connectivity index (χ0n) is 15.5. The van der Waals surface area contributed by atoms with E-state index >= 15 is 0 Å². The van der Waals surface area contributed by atoms with Gasteiger partial charge in [0, 0.05) is 37.7 Å². The Morgan fingerprint density at radius 1 is 1.27 bits per heavy atom. The number of aryl methyl sites for hydroxylation is 1. The van der Waals surface area contributed by atoms with Gasteiger partial charge in [-0.05, 0) is 31.9 Å². The normalized spacial score (nSPS) is 23.7. The first kappa shape index (κ1) is 19.0. The van der Waals surface area contributed by atoms with Crippen molar-refractivity contribution in [3.05, 3.63) is 35.4 Å². The van der Waals surface area contributed by atoms with Crippen LogP contribution in [-0.4, -0.2) is 68.6 Å². The smallest absolute Gasteiger partial charge is 0.237 e. The predicted molar refractivity (Wildman–Crippen MR) is 100 cm³/mol. The van der Waals surface area contributed by atoms with Crippen molar-refractivity contribution in [2.24, 2.45) is 5.92 Å². The van der Waals surface area contributed by atoms with E-state index in [4.69, 9.17) is 4.74 Å². The number of ketones is 1. The first-order valence-corrected chi connectivity index (χ1v) is 9.56. The molecule has 1 aromatic carbocycles. The Labute approximate surface area is 155 Å². The fraction of sp³-hybridized carbons (Fsp3) is 0.600. The molecular formula is C20H29N3O3. The summed E-state index contributed by atoms with van der Waals surface area (Å²) in [4.78, 5) is 27.4. The molecule has 2 aliphatic heterocycles. The minimum Gasteiger partial charge on any atom is -0.379 e. The summed E-state index contributed by atoms with van der Waals surface area (Å²) in [6.45, 7) is 7.72. The van der Waals surface area contributed by atoms with E-state index in [1.54, 1.807) is 0 Å². The van der Waals surface area contributed by atoms with Gasteiger partial charge < -0.3 is 15.4 Å². The molecule has 0 spiro atoms. The summed E-state index contributed by atoms with van der Waals surface area (Å²) in [6.07, 6.45) is 1.51. The number of carbonyl (C=O) groups is 2. The maximum Gasteiger partial charge on any atom is 0.237 e. The van der Waals surface area contributed by atoms with Crippen molar-refractivity contribution in [3.8, 4) is 0 Å². The number of morpholine rings is 1. The first-order valence-electron chi connectivity index (χ1n) is 9.56. The molecule has 0 aromatic heterocycles. The molecule has 26 heavy (non-hydrogen) atoms. The highest BCUT2D eigenvalue weighted by Gasteiger charge is 2.34. The molecule has 2 unspecified atom stereocenters. The molecule has 1 aromatic rings. The summed E-state index contributed by atoms with van der Waals surface area (Å²) in [5, 5.41) is 6.21. The number of ether oxygens (including phenoxy) is 1. The van der Waals surface area contributed by atoms with Gasteiger partial charge in [0.25, 0.3) is 0 Å². The Balaban J connectivity index is 1.39. The van der Waals surface area contributed by atoms with Crippen LogP contribution in [0.4, 0.5) is 0 Å². The van der Waals surface area contributed by atoms with Gasteiger partial charge in [0.05, 0.1) is 19.3 Å². The van der Waals surface area contributed by atoms with E-state index in [-0.39, 0.29) is 23.7 Å². The summed E-state index contributed by atoms with van der Waals surface area (Å²) >= 11 is 0. The van der Waals surface area contributed by atoms with Gasteiger partial charge in [0.1, 0.15) is 0 Å². The van der Waals surface area contributed by atoms with E-state index in [1.165, 1.54) is 0 Å². The van der Waals surface area contributed by atoms with Gasteiger partial charge in [-0.2, -0.15) is 0 Å². The number of Topliss-reactive ketones (excluding diaryl/α,β-unsaturated/α-hetero) is 1. The second kappa shape index (κ2) is 9.26. The van der Waals surface area contributed by atoms with Crippen LogP contribution in [0.5, 0.6) is 0 Å². The number of carbonyl (C=O) groups excluding carboxylic acids is 2. The second-order valence-electron chi connectivity index (χ2n) is 7.17. The zero-order chi connectivity index (χ0) is 18.4. The third-order valence-corrected chi connectivity index (χ3v) is 5.28. The fourth-order valence-electron chi connectivity index (χ4n) is 3.67. The monoisotopic (exact) mass is 359 g/mol. The van der Waals surface area contributed by atoms with E-state index in [0.717, 1.165) is 50.4 Å². The van der Waals surface area contributed by atoms with Gasteiger partial charge in [-0.1, -0.05) is 24.3 Å². The molecule has 2 aliphatic rings. The van der Waals surface area contributed by atoms with Gasteiger partial charge in [0.15, 0.2) is 5.78 Å². The van der Waals surface area contributed by atoms with Crippen LogP contribution in [0.1, 0.15) is 28.8 Å². The molecule has 0 bridgehead atoms. The van der Waals surface area contributed by atoms with Gasteiger partial charge in [-0.25, -0.2) is 0 Å². The number of benzene rings is 1. The first-order chi connectivity index (χ1) is 12.6. The molecule has 2 atom stereocenters. The van der Waals surface area contributed by atoms with Crippen molar-refractivity contribution in [2.45, 2.75) is 25.8 Å². The second-order valence-corrected chi connectivity index (χ2v) is 7.17. The van der Waals surface area contributed by atoms with Gasteiger partial charge in [-0.15, -0.1) is 0 Å². The molecule has 3 rings (SSSR count). The molecule has 0 radical (unpaired) electrons. The molecule has 0 aliphatic carbocycles. The average Bonchev–Trinajstić information content (AvgIpc) is 3.16. The van der Waals surface area contributed by atoms with E-state index < -0.39 is 0 Å². The fourth-order valence-corrected chi connectivity index (χ4v) is 3.67. The molecule has 2 saturated heterocycles. The highest BCUT2D eigenvalue weighted by molar-refractivity contribution is 6.00. The van der Waals surface area contributed by atoms with Crippen molar-refractivity contribution < 1.29 is 14.3 Å². The summed E-state index contributed by atoms with van der Waals surface area (Å²) in [6, 6.07) is 7.38. The number of amides is 1. The minimum atomic E-state index is -0.267. The van der Waals surface area contributed by atoms with E-state index in [9.17, 15) is 9.59 Å². The molecule has 2 N–H and O–H groups in total. The van der Waals surface area contributed by atoms with E-state index in [1.807, 2.05) is 31.2 Å². The Bertz CT molecular complexity index is 628. The Morgan fingerprint density at radius 3 is 2.81 bits per heavy atom. The lowest BCUT2D eigenvalue weighted by molar-refractivity contribution is -0.122. The third-order valence-electron chi connectivity index (χ3n) is 5.28. The number of rotatable bonds is 7. The number of hydrogen-bond acceptors (Lipinski definition) is 5. The van der Waals surface area contributed by atoms with Crippen LogP contribution in [0.15, 0.2) is 24.3 Å². The Hall–Kier alpha value is -1.76. The summed E-state index contributed by atoms with van der Waals surface area (Å²) in [7, 11) is 0. The number of nitrogens with one attached hydrogen (secondary N) is 2. The molecule has 1 amide bonds. The van der Waals surface area contributed by atoms with E-state index in [0.29, 0.717) is 19.5 Å². The topological polar surface area (TPSA) is 70.7 Å². The zero-order valence-corrected chi connectivity index (χ0v) is 15.5. The standard InChI is InChI=1S/C20H29N3O3/c1-15-5-2-3-6-17(15)19(24)16-13-18(22-14-16)20(25)21-7-4-8-23-9-11-26-12-10-23/h2-3,5-6,16,18,22H,4,7-14H2,1H3,(H,21,25). The Morgan fingerprint density at radius 2 is 2.04 bits per heavy atom. The van der Waals surface area contributed by atoms with Crippen molar-refractivity contribution in [2.75, 3.05) is 45.9 Å². The van der Waals surface area contributed by atoms with E-state index in [2.05, 4.69) is 15.5 Å². The van der Waals surface area contributed by atoms with Crippen LogP contribution in [0, 0.1) is 12.8 Å². The molecule has 2 fully saturated rings. The van der Waals surface area contributed by atoms with Gasteiger partial charge in [0.2, 0.25) is 5.91 Å². The van der Waals surface area contributed by atoms with Crippen molar-refractivity contribution >= 4 is 11.7 Å². The summed E-state index contributed by atoms with van der Waals surface area (Å²) < 4.78 is 5.33. The number of nitrogens with zero attached hydrogens (tertiary/aromatic N) is 1. The molecular weight excluding hydrogens is 330 g/mol. The molecule has 142 valence electrons. The Kier molecular flexibility index (Phi) is 6.77. The lowest BCUT2D eigenvalue weighted by Crippen LogP contribution is -2.42. The van der Waals surface area contributed by atoms with Crippen LogP contribution in [0.25, 0.3) is 0 Å². The van der Waals surface area contributed by atoms with Gasteiger partial charge in [-0.3, -0.25) is 14.5 Å². The average molecular weight is 359 g/mol. The van der Waals surface area contributed by atoms with Crippen LogP contribution in [-0.2, 0) is 9.53 Å². The SMILES string of the molecule is Cc1ccccc1C(=O)C1CNC(C(=O)NCCCN2CCOCC2)C1. The maximum atomic E-state index is 12.7. The lowest BCUT2D eigenvalue weighted by atomic mass is 9.92. The van der Waals surface area contributed by atoms with Crippen molar-refractivity contribution in [3.63, 3.8) is 0 Å². The van der Waals surface area contributed by atoms with Crippen LogP contribution >= 0.6 is 0 Å². The van der Waals surface area contributed by atoms with Crippen molar-refractivity contribution in [1.82, 2.24) is 15.5 Å². The van der Waals surface area contributed by atoms with Crippen LogP contribution in [0.2, 0.25) is 0 Å². The van der Waals surface area contributed by atoms with Crippen molar-refractivity contribution in [1.29, 1.82) is 0 Å². The predicted octanol–water partition coefficient (Wildman–Crippen LogP) is 0.994. The summed E-state index contributed by atoms with van der Waals surface area (Å²) in [5.74, 6) is 0.0190. The molecule has 2 heterocycles. The molecule has 6 heteroatoms. The largest absolute Gasteiger partial charge is 0.379 e. The minimum absolute atomic E-state index is 0.00654. The van der Waals surface area contributed by atoms with Crippen LogP contribution in [0.3, 0.4) is 0 Å². The quantitative estimate of drug-likeness (QED) is 0.561. The number of hydrogen-bond donors (Lipinski definition) is 2. The van der Waals surface area contributed by atoms with Gasteiger partial charge >= 0.3 is 0 Å². The molecule has 6 nitrogen and oxygen atoms in total. The summed E-state index contributed by atoms with van der Waals surface area (Å²) in [5.41, 5.74) is 1.76. The molecule has 0 saturated carbocycles. The third kappa shape index (κ3) is 4.90. The highest BCUT2D eigenvalue weighted by Crippen LogP contribution is 2.21. The maximum absolute atomic E-state index is 12.7. The van der Waals surface area contributed by atoms with Crippen LogP contribution < -0.4 is 10.6 Å². The lowest BCUT2D eigenvalue weighted by Gasteiger charge is -2.26. The highest BCUT2D eigenvalue weighted by atomic mass is 16.5.